The second-order valence-corrected chi connectivity index (χ2v) is 2.40. The minimum absolute atomic E-state index is 0.105. The number of carbonyl (C=O) groups excluding carboxylic acids is 1. The van der Waals surface area contributed by atoms with Crippen LogP contribution >= 0.6 is 0 Å². The first-order valence-corrected chi connectivity index (χ1v) is 3.67. The van der Waals surface area contributed by atoms with Crippen molar-refractivity contribution in [1.29, 1.82) is 0 Å². The number of carbonyl (C=O) groups is 1. The van der Waals surface area contributed by atoms with Crippen molar-refractivity contribution in [2.45, 2.75) is 0 Å². The molecule has 0 aromatic heterocycles. The maximum atomic E-state index is 10.4. The lowest BCUT2D eigenvalue weighted by atomic mass is 10.1. The van der Waals surface area contributed by atoms with E-state index in [9.17, 15) is 9.90 Å². The molecule has 0 heterocycles. The molecule has 1 rings (SSSR count). The second-order valence-electron chi connectivity index (χ2n) is 2.40. The molecule has 2 heteroatoms. The van der Waals surface area contributed by atoms with E-state index in [2.05, 4.69) is 18.0 Å². The van der Waals surface area contributed by atoms with E-state index < -0.39 is 0 Å². The number of aromatic hydroxyl groups is 1. The van der Waals surface area contributed by atoms with Gasteiger partial charge in [0.15, 0.2) is 0 Å². The minimum Gasteiger partial charge on any atom is -0.507 e. The number of phenolic OH excluding ortho intramolecular Hbond substituents is 1. The molecule has 0 fully saturated rings. The molecule has 0 saturated heterocycles. The van der Waals surface area contributed by atoms with Crippen LogP contribution in [0.4, 0.5) is 0 Å². The normalized spacial score (nSPS) is 8.31. The van der Waals surface area contributed by atoms with Gasteiger partial charge in [0, 0.05) is 11.1 Å². The summed E-state index contributed by atoms with van der Waals surface area (Å²) in [7, 11) is 0. The van der Waals surface area contributed by atoms with Gasteiger partial charge in [-0.15, -0.1) is 0 Å². The zero-order valence-corrected chi connectivity index (χ0v) is 6.95. The average molecular weight is 172 g/mol. The number of rotatable bonds is 2. The van der Waals surface area contributed by atoms with E-state index in [-0.39, 0.29) is 5.75 Å². The first-order valence-electron chi connectivity index (χ1n) is 3.67. The summed E-state index contributed by atoms with van der Waals surface area (Å²) in [4.78, 5) is 10.4. The molecule has 0 bridgehead atoms. The van der Waals surface area contributed by atoms with E-state index >= 15 is 0 Å². The molecule has 0 saturated carbocycles. The summed E-state index contributed by atoms with van der Waals surface area (Å²) in [5, 5.41) is 9.32. The first-order chi connectivity index (χ1) is 6.27. The van der Waals surface area contributed by atoms with Gasteiger partial charge in [-0.05, 0) is 30.9 Å². The Hall–Kier alpha value is -2.01. The van der Waals surface area contributed by atoms with Gasteiger partial charge < -0.3 is 5.11 Å². The van der Waals surface area contributed by atoms with E-state index in [4.69, 9.17) is 0 Å². The zero-order chi connectivity index (χ0) is 9.68. The summed E-state index contributed by atoms with van der Waals surface area (Å²) >= 11 is 0. The van der Waals surface area contributed by atoms with E-state index in [1.165, 1.54) is 18.2 Å². The smallest absolute Gasteiger partial charge is 0.150 e. The van der Waals surface area contributed by atoms with Crippen molar-refractivity contribution in [2.75, 3.05) is 0 Å². The van der Waals surface area contributed by atoms with Crippen LogP contribution in [0.5, 0.6) is 5.75 Å². The van der Waals surface area contributed by atoms with Crippen molar-refractivity contribution < 1.29 is 9.90 Å². The number of benzene rings is 1. The van der Waals surface area contributed by atoms with E-state index in [1.54, 1.807) is 6.07 Å². The summed E-state index contributed by atoms with van der Waals surface area (Å²) in [6.45, 7) is 3.33. The van der Waals surface area contributed by atoms with Crippen LogP contribution in [-0.4, -0.2) is 11.4 Å². The molecule has 1 aromatic rings. The molecule has 0 aliphatic carbocycles. The molecule has 0 radical (unpaired) electrons. The van der Waals surface area contributed by atoms with Gasteiger partial charge in [0.25, 0.3) is 0 Å². The van der Waals surface area contributed by atoms with Crippen LogP contribution in [-0.2, 0) is 0 Å². The van der Waals surface area contributed by atoms with Crippen LogP contribution in [0.2, 0.25) is 0 Å². The molecule has 0 amide bonds. The summed E-state index contributed by atoms with van der Waals surface area (Å²) in [6, 6.07) is 4.56. The highest BCUT2D eigenvalue weighted by atomic mass is 16.3. The number of aldehydes is 1. The molecule has 1 aromatic carbocycles. The summed E-state index contributed by atoms with van der Waals surface area (Å²) in [6.07, 6.45) is 2.23. The number of hydrogen-bond donors (Lipinski definition) is 1. The lowest BCUT2D eigenvalue weighted by Crippen LogP contribution is -1.81. The molecule has 64 valence electrons. The van der Waals surface area contributed by atoms with E-state index in [0.29, 0.717) is 17.4 Å². The summed E-state index contributed by atoms with van der Waals surface area (Å²) in [5.41, 5.74) is 6.06. The summed E-state index contributed by atoms with van der Waals surface area (Å²) in [5.74, 6) is 0.105. The fourth-order valence-electron chi connectivity index (χ4n) is 0.891. The van der Waals surface area contributed by atoms with Crippen LogP contribution in [0.3, 0.4) is 0 Å². The maximum absolute atomic E-state index is 10.4. The van der Waals surface area contributed by atoms with Gasteiger partial charge >= 0.3 is 0 Å². The van der Waals surface area contributed by atoms with Crippen LogP contribution in [0.1, 0.15) is 15.9 Å². The Labute approximate surface area is 76.1 Å². The Morgan fingerprint density at radius 1 is 1.46 bits per heavy atom. The molecular weight excluding hydrogens is 164 g/mol. The van der Waals surface area contributed by atoms with Gasteiger partial charge in [-0.25, -0.2) is 0 Å². The third kappa shape index (κ3) is 2.21. The van der Waals surface area contributed by atoms with Crippen molar-refractivity contribution in [3.8, 4) is 5.75 Å². The molecule has 0 aliphatic rings. The first kappa shape index (κ1) is 9.08. The van der Waals surface area contributed by atoms with Gasteiger partial charge in [-0.1, -0.05) is 11.5 Å². The monoisotopic (exact) mass is 172 g/mol. The standard InChI is InChI=1S/C11H8O2/c1-2-3-4-10-7-9(8-12)5-6-11(10)13/h4-8,13H,1H2. The predicted octanol–water partition coefficient (Wildman–Crippen LogP) is 2.16. The van der Waals surface area contributed by atoms with Crippen LogP contribution in [0.25, 0.3) is 6.08 Å². The molecule has 2 nitrogen and oxygen atoms in total. The van der Waals surface area contributed by atoms with E-state index in [1.807, 2.05) is 0 Å². The van der Waals surface area contributed by atoms with Gasteiger partial charge in [0.2, 0.25) is 0 Å². The third-order valence-corrected chi connectivity index (χ3v) is 1.52. The van der Waals surface area contributed by atoms with Crippen molar-refractivity contribution in [3.05, 3.63) is 47.4 Å². The topological polar surface area (TPSA) is 37.3 Å². The van der Waals surface area contributed by atoms with Crippen molar-refractivity contribution >= 4 is 12.4 Å². The van der Waals surface area contributed by atoms with Gasteiger partial charge in [-0.3, -0.25) is 4.79 Å². The Kier molecular flexibility index (Phi) is 2.88. The maximum Gasteiger partial charge on any atom is 0.150 e. The second kappa shape index (κ2) is 4.13. The van der Waals surface area contributed by atoms with Gasteiger partial charge in [-0.2, -0.15) is 0 Å². The molecule has 13 heavy (non-hydrogen) atoms. The molecule has 0 aliphatic heterocycles. The zero-order valence-electron chi connectivity index (χ0n) is 6.95. The Morgan fingerprint density at radius 2 is 2.23 bits per heavy atom. The quantitative estimate of drug-likeness (QED) is 0.548. The Morgan fingerprint density at radius 3 is 2.85 bits per heavy atom. The highest BCUT2D eigenvalue weighted by Crippen LogP contribution is 2.18. The van der Waals surface area contributed by atoms with Gasteiger partial charge in [0.1, 0.15) is 12.0 Å². The van der Waals surface area contributed by atoms with Crippen molar-refractivity contribution in [1.82, 2.24) is 0 Å². The molecule has 0 unspecified atom stereocenters. The molecule has 0 atom stereocenters. The largest absolute Gasteiger partial charge is 0.507 e. The fraction of sp³-hybridized carbons (Fsp3) is 0. The highest BCUT2D eigenvalue weighted by Gasteiger charge is 1.97. The van der Waals surface area contributed by atoms with Crippen LogP contribution in [0.15, 0.2) is 36.2 Å². The Bertz CT molecular complexity index is 406. The lowest BCUT2D eigenvalue weighted by molar-refractivity contribution is 0.112. The van der Waals surface area contributed by atoms with Crippen molar-refractivity contribution in [2.24, 2.45) is 0 Å². The highest BCUT2D eigenvalue weighted by molar-refractivity contribution is 5.77. The molecular formula is C11H8O2. The number of hydrogen-bond acceptors (Lipinski definition) is 2. The van der Waals surface area contributed by atoms with Crippen LogP contribution in [0, 0.1) is 0 Å². The SMILES string of the molecule is C=C=C=Cc1cc(C=O)ccc1O. The average Bonchev–Trinajstić information content (AvgIpc) is 2.17. The molecule has 1 N–H and O–H groups in total. The minimum atomic E-state index is 0.105. The van der Waals surface area contributed by atoms with E-state index in [0.717, 1.165) is 0 Å². The number of phenols is 1. The van der Waals surface area contributed by atoms with Crippen molar-refractivity contribution in [3.63, 3.8) is 0 Å². The Balaban J connectivity index is 3.25. The van der Waals surface area contributed by atoms with Crippen LogP contribution < -0.4 is 0 Å². The predicted molar refractivity (Wildman–Crippen MR) is 50.6 cm³/mol. The van der Waals surface area contributed by atoms with Gasteiger partial charge in [0.05, 0.1) is 0 Å². The molecule has 0 spiro atoms. The lowest BCUT2D eigenvalue weighted by Gasteiger charge is -1.97. The summed E-state index contributed by atoms with van der Waals surface area (Å²) < 4.78 is 0. The fourth-order valence-corrected chi connectivity index (χ4v) is 0.891. The third-order valence-electron chi connectivity index (χ3n) is 1.52.